The summed E-state index contributed by atoms with van der Waals surface area (Å²) in [5, 5.41) is 13.3. The van der Waals surface area contributed by atoms with E-state index in [0.29, 0.717) is 5.75 Å². The molecule has 0 amide bonds. The van der Waals surface area contributed by atoms with E-state index in [-0.39, 0.29) is 0 Å². The van der Waals surface area contributed by atoms with Crippen LogP contribution in [0.1, 0.15) is 22.3 Å². The average Bonchev–Trinajstić information content (AvgIpc) is 2.36. The second-order valence-corrected chi connectivity index (χ2v) is 4.83. The third-order valence-corrected chi connectivity index (χ3v) is 3.39. The lowest BCUT2D eigenvalue weighted by Gasteiger charge is -2.15. The molecule has 0 saturated heterocycles. The van der Waals surface area contributed by atoms with Crippen LogP contribution in [-0.4, -0.2) is 5.11 Å². The quantitative estimate of drug-likeness (QED) is 0.765. The number of nitrogens with one attached hydrogen (secondary N) is 1. The van der Waals surface area contributed by atoms with E-state index in [1.807, 2.05) is 26.8 Å². The molecule has 0 spiro atoms. The molecule has 2 N–H and O–H groups in total. The normalized spacial score (nSPS) is 10.4. The zero-order chi connectivity index (χ0) is 13.3. The minimum absolute atomic E-state index is 0.391. The first-order chi connectivity index (χ1) is 8.49. The van der Waals surface area contributed by atoms with Gasteiger partial charge in [0.2, 0.25) is 0 Å². The van der Waals surface area contributed by atoms with Crippen molar-refractivity contribution in [1.29, 1.82) is 0 Å². The summed E-state index contributed by atoms with van der Waals surface area (Å²) in [6.07, 6.45) is 0. The summed E-state index contributed by atoms with van der Waals surface area (Å²) in [4.78, 5) is 0. The minimum atomic E-state index is 0.391. The smallest absolute Gasteiger partial charge is 0.121 e. The van der Waals surface area contributed by atoms with E-state index >= 15 is 0 Å². The highest BCUT2D eigenvalue weighted by Gasteiger charge is 2.09. The second-order valence-electron chi connectivity index (χ2n) is 4.83. The fraction of sp³-hybridized carbons (Fsp3) is 0.250. The maximum atomic E-state index is 9.89. The van der Waals surface area contributed by atoms with Gasteiger partial charge in [0.1, 0.15) is 5.75 Å². The summed E-state index contributed by atoms with van der Waals surface area (Å²) in [6.45, 7) is 7.95. The summed E-state index contributed by atoms with van der Waals surface area (Å²) < 4.78 is 0. The van der Waals surface area contributed by atoms with Crippen molar-refractivity contribution in [1.82, 2.24) is 0 Å². The van der Waals surface area contributed by atoms with Gasteiger partial charge in [-0.3, -0.25) is 0 Å². The van der Waals surface area contributed by atoms with Gasteiger partial charge in [0.05, 0.1) is 0 Å². The fourth-order valence-electron chi connectivity index (χ4n) is 1.99. The van der Waals surface area contributed by atoms with Crippen LogP contribution in [-0.2, 0) is 0 Å². The van der Waals surface area contributed by atoms with Gasteiger partial charge in [-0.05, 0) is 62.6 Å². The molecule has 0 aliphatic heterocycles. The standard InChI is InChI=1S/C16H19NO/c1-10-5-7-14(8-6-10)17-15-9-11(2)16(18)13(4)12(15)3/h5-9,17-18H,1-4H3. The van der Waals surface area contributed by atoms with Gasteiger partial charge in [-0.2, -0.15) is 0 Å². The molecule has 0 fully saturated rings. The molecular weight excluding hydrogens is 222 g/mol. The Morgan fingerprint density at radius 3 is 2.11 bits per heavy atom. The Hall–Kier alpha value is -1.96. The van der Waals surface area contributed by atoms with Crippen LogP contribution in [0, 0.1) is 27.7 Å². The van der Waals surface area contributed by atoms with Crippen molar-refractivity contribution in [3.8, 4) is 5.75 Å². The molecule has 0 aliphatic carbocycles. The molecule has 0 atom stereocenters. The van der Waals surface area contributed by atoms with Gasteiger partial charge in [-0.15, -0.1) is 0 Å². The Labute approximate surface area is 108 Å². The molecule has 2 heteroatoms. The highest BCUT2D eigenvalue weighted by molar-refractivity contribution is 5.68. The van der Waals surface area contributed by atoms with Crippen molar-refractivity contribution in [2.45, 2.75) is 27.7 Å². The highest BCUT2D eigenvalue weighted by atomic mass is 16.3. The Bertz CT molecular complexity index is 571. The van der Waals surface area contributed by atoms with Crippen LogP contribution in [0.15, 0.2) is 30.3 Å². The Morgan fingerprint density at radius 1 is 0.889 bits per heavy atom. The first kappa shape index (κ1) is 12.5. The average molecular weight is 241 g/mol. The molecule has 2 aromatic rings. The summed E-state index contributed by atoms with van der Waals surface area (Å²) >= 11 is 0. The van der Waals surface area contributed by atoms with Gasteiger partial charge in [0.15, 0.2) is 0 Å². The number of benzene rings is 2. The molecule has 18 heavy (non-hydrogen) atoms. The highest BCUT2D eigenvalue weighted by Crippen LogP contribution is 2.32. The maximum absolute atomic E-state index is 9.89. The predicted octanol–water partition coefficient (Wildman–Crippen LogP) is 4.37. The Kier molecular flexibility index (Phi) is 3.28. The van der Waals surface area contributed by atoms with Crippen LogP contribution in [0.4, 0.5) is 11.4 Å². The molecule has 0 saturated carbocycles. The van der Waals surface area contributed by atoms with Gasteiger partial charge in [0.25, 0.3) is 0 Å². The largest absolute Gasteiger partial charge is 0.507 e. The summed E-state index contributed by atoms with van der Waals surface area (Å²) in [5.74, 6) is 0.391. The third kappa shape index (κ3) is 2.33. The molecule has 0 heterocycles. The lowest BCUT2D eigenvalue weighted by molar-refractivity contribution is 0.466. The van der Waals surface area contributed by atoms with Crippen molar-refractivity contribution in [2.24, 2.45) is 0 Å². The fourth-order valence-corrected chi connectivity index (χ4v) is 1.99. The van der Waals surface area contributed by atoms with Gasteiger partial charge in [0, 0.05) is 11.4 Å². The lowest BCUT2D eigenvalue weighted by Crippen LogP contribution is -1.97. The van der Waals surface area contributed by atoms with Crippen LogP contribution in [0.25, 0.3) is 0 Å². The molecule has 0 aliphatic rings. The van der Waals surface area contributed by atoms with E-state index in [1.165, 1.54) is 5.56 Å². The van der Waals surface area contributed by atoms with Crippen LogP contribution in [0.2, 0.25) is 0 Å². The van der Waals surface area contributed by atoms with Crippen molar-refractivity contribution in [3.63, 3.8) is 0 Å². The van der Waals surface area contributed by atoms with Gasteiger partial charge >= 0.3 is 0 Å². The Morgan fingerprint density at radius 2 is 1.50 bits per heavy atom. The SMILES string of the molecule is Cc1ccc(Nc2cc(C)c(O)c(C)c2C)cc1. The van der Waals surface area contributed by atoms with Gasteiger partial charge in [-0.25, -0.2) is 0 Å². The van der Waals surface area contributed by atoms with Crippen molar-refractivity contribution >= 4 is 11.4 Å². The molecule has 2 aromatic carbocycles. The van der Waals surface area contributed by atoms with Crippen LogP contribution >= 0.6 is 0 Å². The molecule has 2 nitrogen and oxygen atoms in total. The number of rotatable bonds is 2. The first-order valence-electron chi connectivity index (χ1n) is 6.12. The Balaban J connectivity index is 2.38. The van der Waals surface area contributed by atoms with Crippen molar-refractivity contribution in [3.05, 3.63) is 52.6 Å². The number of anilines is 2. The zero-order valence-corrected chi connectivity index (χ0v) is 11.3. The summed E-state index contributed by atoms with van der Waals surface area (Å²) in [6, 6.07) is 10.3. The second kappa shape index (κ2) is 4.73. The number of hydrogen-bond donors (Lipinski definition) is 2. The van der Waals surface area contributed by atoms with Gasteiger partial charge in [-0.1, -0.05) is 17.7 Å². The lowest BCUT2D eigenvalue weighted by atomic mass is 10.0. The summed E-state index contributed by atoms with van der Waals surface area (Å²) in [5.41, 5.74) is 6.27. The molecule has 0 bridgehead atoms. The van der Waals surface area contributed by atoms with Crippen molar-refractivity contribution in [2.75, 3.05) is 5.32 Å². The van der Waals surface area contributed by atoms with E-state index in [0.717, 1.165) is 28.1 Å². The molecule has 0 radical (unpaired) electrons. The predicted molar refractivity (Wildman–Crippen MR) is 76.8 cm³/mol. The topological polar surface area (TPSA) is 32.3 Å². The molecular formula is C16H19NO. The maximum Gasteiger partial charge on any atom is 0.121 e. The zero-order valence-electron chi connectivity index (χ0n) is 11.3. The molecule has 0 aromatic heterocycles. The van der Waals surface area contributed by atoms with Crippen molar-refractivity contribution < 1.29 is 5.11 Å². The molecule has 94 valence electrons. The van der Waals surface area contributed by atoms with Crippen LogP contribution < -0.4 is 5.32 Å². The van der Waals surface area contributed by atoms with E-state index in [1.54, 1.807) is 0 Å². The number of phenols is 1. The number of aryl methyl sites for hydroxylation is 2. The summed E-state index contributed by atoms with van der Waals surface area (Å²) in [7, 11) is 0. The third-order valence-electron chi connectivity index (χ3n) is 3.39. The monoisotopic (exact) mass is 241 g/mol. The molecule has 2 rings (SSSR count). The first-order valence-corrected chi connectivity index (χ1v) is 6.12. The minimum Gasteiger partial charge on any atom is -0.507 e. The molecule has 0 unspecified atom stereocenters. The number of aromatic hydroxyl groups is 1. The van der Waals surface area contributed by atoms with Crippen LogP contribution in [0.3, 0.4) is 0 Å². The van der Waals surface area contributed by atoms with E-state index in [2.05, 4.69) is 36.5 Å². The number of hydrogen-bond acceptors (Lipinski definition) is 2. The van der Waals surface area contributed by atoms with Gasteiger partial charge < -0.3 is 10.4 Å². The van der Waals surface area contributed by atoms with Crippen LogP contribution in [0.5, 0.6) is 5.75 Å². The van der Waals surface area contributed by atoms with E-state index in [9.17, 15) is 5.11 Å². The van der Waals surface area contributed by atoms with E-state index < -0.39 is 0 Å². The number of phenolic OH excluding ortho intramolecular Hbond substituents is 1. The van der Waals surface area contributed by atoms with E-state index in [4.69, 9.17) is 0 Å².